The van der Waals surface area contributed by atoms with E-state index in [0.29, 0.717) is 0 Å². The number of rotatable bonds is 14. The van der Waals surface area contributed by atoms with E-state index in [-0.39, 0.29) is 37.9 Å². The summed E-state index contributed by atoms with van der Waals surface area (Å²) >= 11 is 2.08. The molecule has 3 heteroatoms. The summed E-state index contributed by atoms with van der Waals surface area (Å²) in [5.41, 5.74) is 14.6. The largest absolute Gasteiger partial charge is 0.255 e. The minimum atomic E-state index is -3.30. The van der Waals surface area contributed by atoms with Gasteiger partial charge in [-0.25, -0.2) is 0 Å². The van der Waals surface area contributed by atoms with Crippen LogP contribution in [0.2, 0.25) is 0 Å². The first-order valence-corrected chi connectivity index (χ1v) is 31.6. The van der Waals surface area contributed by atoms with Crippen molar-refractivity contribution in [1.82, 2.24) is 4.98 Å². The fraction of sp³-hybridized carbons (Fsp3) is 0.514. The van der Waals surface area contributed by atoms with Crippen LogP contribution in [-0.4, -0.2) is 13.1 Å². The SMILES string of the molecule is CCC(C)(CC)c1cc(-c2nccc3c(C)c([Si](c4cc(CC(C)(C)C)cc(CC(C)(C)C)c4)(c4cc(CC(C)(C)C)cc(CC(C)(C)C)c4)c4cc(CC(C)(C)C)cc(CC(C)(C)C)c4)sc23)cc2ccccc12. The van der Waals surface area contributed by atoms with Gasteiger partial charge in [-0.3, -0.25) is 4.98 Å². The van der Waals surface area contributed by atoms with Crippen LogP contribution in [0.4, 0.5) is 0 Å². The molecule has 0 bridgehead atoms. The molecule has 2 aromatic heterocycles. The second-order valence-corrected chi connectivity index (χ2v) is 36.0. The van der Waals surface area contributed by atoms with Crippen LogP contribution in [0.3, 0.4) is 0 Å². The van der Waals surface area contributed by atoms with Crippen molar-refractivity contribution >= 4 is 60.3 Å². The van der Waals surface area contributed by atoms with Crippen molar-refractivity contribution in [3.05, 3.63) is 148 Å². The van der Waals surface area contributed by atoms with E-state index in [9.17, 15) is 0 Å². The van der Waals surface area contributed by atoms with E-state index in [0.717, 1.165) is 57.1 Å². The number of benzene rings is 5. The molecule has 0 amide bonds. The number of nitrogens with zero attached hydrogens (tertiary/aromatic N) is 1. The number of aromatic nitrogens is 1. The van der Waals surface area contributed by atoms with E-state index >= 15 is 0 Å². The Labute approximate surface area is 463 Å². The van der Waals surface area contributed by atoms with Crippen LogP contribution in [0.15, 0.2) is 103 Å². The van der Waals surface area contributed by atoms with Gasteiger partial charge in [0.25, 0.3) is 0 Å². The Morgan fingerprint density at radius 1 is 0.427 bits per heavy atom. The lowest BCUT2D eigenvalue weighted by Crippen LogP contribution is -2.75. The zero-order valence-electron chi connectivity index (χ0n) is 51.3. The van der Waals surface area contributed by atoms with Crippen molar-refractivity contribution < 1.29 is 0 Å². The molecule has 2 heterocycles. The van der Waals surface area contributed by atoms with Gasteiger partial charge in [-0.15, -0.1) is 11.3 Å². The summed E-state index contributed by atoms with van der Waals surface area (Å²) in [4.78, 5) is 5.47. The molecule has 0 spiro atoms. The summed E-state index contributed by atoms with van der Waals surface area (Å²) in [5.74, 6) is 0. The second-order valence-electron chi connectivity index (χ2n) is 30.9. The van der Waals surface area contributed by atoms with E-state index in [2.05, 4.69) is 267 Å². The van der Waals surface area contributed by atoms with Gasteiger partial charge >= 0.3 is 0 Å². The molecular formula is C72H99NSSi. The van der Waals surface area contributed by atoms with Crippen molar-refractivity contribution in [1.29, 1.82) is 0 Å². The molecule has 5 aromatic carbocycles. The Balaban J connectivity index is 1.77. The molecular weight excluding hydrogens is 939 g/mol. The molecule has 0 aliphatic carbocycles. The minimum Gasteiger partial charge on any atom is -0.255 e. The highest BCUT2D eigenvalue weighted by Gasteiger charge is 2.46. The number of aryl methyl sites for hydroxylation is 1. The van der Waals surface area contributed by atoms with Crippen LogP contribution >= 0.6 is 11.3 Å². The maximum atomic E-state index is 5.47. The van der Waals surface area contributed by atoms with E-state index < -0.39 is 8.07 Å². The molecule has 0 fully saturated rings. The van der Waals surface area contributed by atoms with Gasteiger partial charge in [0, 0.05) is 16.3 Å². The Morgan fingerprint density at radius 3 is 1.13 bits per heavy atom. The molecule has 402 valence electrons. The molecule has 7 aromatic rings. The molecule has 0 radical (unpaired) electrons. The average Bonchev–Trinajstić information content (AvgIpc) is 3.58. The Morgan fingerprint density at radius 2 is 0.787 bits per heavy atom. The zero-order valence-corrected chi connectivity index (χ0v) is 53.1. The third kappa shape index (κ3) is 14.1. The summed E-state index contributed by atoms with van der Waals surface area (Å²) in [7, 11) is -3.30. The Bertz CT molecular complexity index is 2850. The third-order valence-electron chi connectivity index (χ3n) is 15.4. The van der Waals surface area contributed by atoms with Crippen LogP contribution < -0.4 is 20.1 Å². The predicted molar refractivity (Wildman–Crippen MR) is 338 cm³/mol. The molecule has 0 saturated carbocycles. The summed E-state index contributed by atoms with van der Waals surface area (Å²) < 4.78 is 2.85. The van der Waals surface area contributed by atoms with Crippen LogP contribution in [-0.2, 0) is 43.9 Å². The molecule has 75 heavy (non-hydrogen) atoms. The first kappa shape index (κ1) is 58.4. The van der Waals surface area contributed by atoms with Gasteiger partial charge in [0.05, 0.1) is 10.4 Å². The van der Waals surface area contributed by atoms with Crippen LogP contribution in [0, 0.1) is 39.4 Å². The highest BCUT2D eigenvalue weighted by atomic mass is 32.1. The molecule has 1 nitrogen and oxygen atoms in total. The maximum Gasteiger partial charge on any atom is 0.191 e. The number of fused-ring (bicyclic) bond motifs is 2. The predicted octanol–water partition coefficient (Wildman–Crippen LogP) is 18.4. The smallest absolute Gasteiger partial charge is 0.191 e. The van der Waals surface area contributed by atoms with E-state index in [1.54, 1.807) is 4.50 Å². The topological polar surface area (TPSA) is 12.9 Å². The molecule has 0 aliphatic rings. The van der Waals surface area contributed by atoms with Crippen molar-refractivity contribution in [2.24, 2.45) is 32.5 Å². The number of hydrogen-bond donors (Lipinski definition) is 0. The van der Waals surface area contributed by atoms with Crippen LogP contribution in [0.1, 0.15) is 203 Å². The van der Waals surface area contributed by atoms with Crippen molar-refractivity contribution in [3.63, 3.8) is 0 Å². The lowest BCUT2D eigenvalue weighted by molar-refractivity contribution is 0.405. The zero-order chi connectivity index (χ0) is 55.5. The quantitative estimate of drug-likeness (QED) is 0.0781. The number of thiophene rings is 1. The van der Waals surface area contributed by atoms with Crippen molar-refractivity contribution in [2.45, 2.75) is 209 Å². The first-order valence-electron chi connectivity index (χ1n) is 28.8. The monoisotopic (exact) mass is 1040 g/mol. The molecule has 0 aliphatic heterocycles. The Hall–Kier alpha value is -4.31. The summed E-state index contributed by atoms with van der Waals surface area (Å²) in [6.45, 7) is 53.2. The van der Waals surface area contributed by atoms with Crippen molar-refractivity contribution in [2.75, 3.05) is 0 Å². The maximum absolute atomic E-state index is 5.47. The van der Waals surface area contributed by atoms with Crippen LogP contribution in [0.25, 0.3) is 32.1 Å². The Kier molecular flexibility index (Phi) is 16.5. The van der Waals surface area contributed by atoms with Gasteiger partial charge in [-0.2, -0.15) is 0 Å². The highest BCUT2D eigenvalue weighted by Crippen LogP contribution is 2.42. The van der Waals surface area contributed by atoms with Gasteiger partial charge in [0.2, 0.25) is 0 Å². The molecule has 7 rings (SSSR count). The van der Waals surface area contributed by atoms with Gasteiger partial charge in [-0.1, -0.05) is 224 Å². The summed E-state index contributed by atoms with van der Waals surface area (Å²) in [6, 6.07) is 40.4. The highest BCUT2D eigenvalue weighted by molar-refractivity contribution is 7.40. The van der Waals surface area contributed by atoms with E-state index in [4.69, 9.17) is 4.98 Å². The van der Waals surface area contributed by atoms with Gasteiger partial charge in [0.1, 0.15) is 0 Å². The third-order valence-corrected chi connectivity index (χ3v) is 22.3. The first-order chi connectivity index (χ1) is 34.5. The second kappa shape index (κ2) is 21.1. The number of hydrogen-bond acceptors (Lipinski definition) is 2. The summed E-state index contributed by atoms with van der Waals surface area (Å²) in [5, 5.41) is 8.55. The van der Waals surface area contributed by atoms with Crippen molar-refractivity contribution in [3.8, 4) is 11.3 Å². The standard InChI is InChI=1S/C72H99NSSi/c1-23-72(22,24-2)62-41-56(40-55-27-25-26-28-61(55)62)63-64-60(29-30-73-63)48(3)65(74-64)75(57-34-49(42-66(4,5)6)31-50(35-57)43-67(7,8)9,58-36-51(44-68(10,11)12)32-52(37-58)45-69(13,14)15)59-38-53(46-70(16,17)18)33-54(39-59)47-71(19,20)21/h25-41H,23-24,42-47H2,1-22H3. The molecule has 0 saturated heterocycles. The van der Waals surface area contributed by atoms with Gasteiger partial charge in [0.15, 0.2) is 8.07 Å². The van der Waals surface area contributed by atoms with Crippen LogP contribution in [0.5, 0.6) is 0 Å². The molecule has 0 N–H and O–H groups in total. The lowest BCUT2D eigenvalue weighted by atomic mass is 9.75. The fourth-order valence-electron chi connectivity index (χ4n) is 12.4. The minimum absolute atomic E-state index is 0.0383. The van der Waals surface area contributed by atoms with Gasteiger partial charge in [-0.05, 0) is 191 Å². The molecule has 0 atom stereocenters. The lowest BCUT2D eigenvalue weighted by Gasteiger charge is -2.37. The van der Waals surface area contributed by atoms with Gasteiger partial charge < -0.3 is 0 Å². The molecule has 0 unspecified atom stereocenters. The summed E-state index contributed by atoms with van der Waals surface area (Å²) in [6.07, 6.45) is 10.3. The normalized spacial score (nSPS) is 13.6. The van der Waals surface area contributed by atoms with E-state index in [1.165, 1.54) is 86.5 Å². The van der Waals surface area contributed by atoms with E-state index in [1.807, 2.05) is 0 Å². The average molecular weight is 1040 g/mol. The fourth-order valence-corrected chi connectivity index (χ4v) is 20.3. The number of pyridine rings is 1.